The molecule has 7 nitrogen and oxygen atoms in total. The predicted octanol–water partition coefficient (Wildman–Crippen LogP) is 5.04. The summed E-state index contributed by atoms with van der Waals surface area (Å²) in [5.41, 5.74) is 4.45. The van der Waals surface area contributed by atoms with Gasteiger partial charge in [-0.1, -0.05) is 51.8 Å². The summed E-state index contributed by atoms with van der Waals surface area (Å²) in [6.07, 6.45) is 2.17. The normalized spacial score (nSPS) is 11.8. The van der Waals surface area contributed by atoms with Crippen molar-refractivity contribution in [1.82, 2.24) is 10.3 Å². The first-order chi connectivity index (χ1) is 16.9. The van der Waals surface area contributed by atoms with Crippen LogP contribution in [0, 0.1) is 6.92 Å². The smallest absolute Gasteiger partial charge is 0.321 e. The maximum atomic E-state index is 12.3. The Morgan fingerprint density at radius 1 is 1.06 bits per heavy atom. The highest BCUT2D eigenvalue weighted by atomic mass is 79.9. The summed E-state index contributed by atoms with van der Waals surface area (Å²) in [5, 5.41) is 16.7. The van der Waals surface area contributed by atoms with Crippen LogP contribution in [0.3, 0.4) is 0 Å². The van der Waals surface area contributed by atoms with Crippen LogP contribution in [-0.4, -0.2) is 34.6 Å². The number of carbonyl (C=O) groups is 2. The number of hydrogen-bond donors (Lipinski definition) is 4. The molecular weight excluding hydrogens is 510 g/mol. The zero-order valence-electron chi connectivity index (χ0n) is 19.2. The molecule has 1 amide bonds. The summed E-state index contributed by atoms with van der Waals surface area (Å²) in [4.78, 5) is 27.5. The van der Waals surface area contributed by atoms with Crippen LogP contribution in [0.15, 0.2) is 77.4 Å². The number of carboxylic acid groups (broad SMARTS) is 1. The number of aromatic nitrogens is 1. The van der Waals surface area contributed by atoms with E-state index >= 15 is 0 Å². The number of H-pyrrole nitrogens is 1. The number of carboxylic acids is 1. The fourth-order valence-corrected chi connectivity index (χ4v) is 4.21. The first-order valence-electron chi connectivity index (χ1n) is 11.2. The zero-order valence-corrected chi connectivity index (χ0v) is 20.8. The van der Waals surface area contributed by atoms with Crippen molar-refractivity contribution in [3.8, 4) is 5.75 Å². The van der Waals surface area contributed by atoms with Gasteiger partial charge in [-0.15, -0.1) is 0 Å². The average Bonchev–Trinajstić information content (AvgIpc) is 3.25. The zero-order chi connectivity index (χ0) is 24.8. The van der Waals surface area contributed by atoms with Gasteiger partial charge in [-0.3, -0.25) is 14.9 Å². The van der Waals surface area contributed by atoms with E-state index in [1.165, 1.54) is 0 Å². The van der Waals surface area contributed by atoms with E-state index in [0.29, 0.717) is 17.9 Å². The molecule has 8 heteroatoms. The second kappa shape index (κ2) is 11.2. The molecule has 0 spiro atoms. The minimum atomic E-state index is -0.940. The van der Waals surface area contributed by atoms with Gasteiger partial charge in [0.15, 0.2) is 6.61 Å². The Bertz CT molecular complexity index is 1330. The molecule has 0 saturated heterocycles. The standard InChI is InChI=1S/C27H26BrN3O4/c1-17-6-9-21(10-7-17)31-26(32)16-35-25-11-8-20(28)12-19(25)15-30-24(27(33)34)13-18-14-29-23-5-3-2-4-22(18)23/h2-12,14,24,29-30H,13,15-16H2,1H3,(H,31,32)(H,33,34)/t24-/m1/s1. The van der Waals surface area contributed by atoms with Crippen LogP contribution in [0.4, 0.5) is 5.69 Å². The van der Waals surface area contributed by atoms with Crippen LogP contribution < -0.4 is 15.4 Å². The van der Waals surface area contributed by atoms with E-state index in [-0.39, 0.29) is 19.1 Å². The number of anilines is 1. The summed E-state index contributed by atoms with van der Waals surface area (Å²) in [6, 6.07) is 19.9. The van der Waals surface area contributed by atoms with Crippen molar-refractivity contribution in [1.29, 1.82) is 0 Å². The Balaban J connectivity index is 1.40. The maximum Gasteiger partial charge on any atom is 0.321 e. The fraction of sp³-hybridized carbons (Fsp3) is 0.185. The number of fused-ring (bicyclic) bond motifs is 1. The van der Waals surface area contributed by atoms with Gasteiger partial charge in [0, 0.05) is 45.8 Å². The first-order valence-corrected chi connectivity index (χ1v) is 12.0. The van der Waals surface area contributed by atoms with E-state index in [1.54, 1.807) is 6.07 Å². The highest BCUT2D eigenvalue weighted by Gasteiger charge is 2.20. The number of aryl methyl sites for hydroxylation is 1. The molecular formula is C27H26BrN3O4. The summed E-state index contributed by atoms with van der Waals surface area (Å²) >= 11 is 3.46. The van der Waals surface area contributed by atoms with Gasteiger partial charge >= 0.3 is 5.97 Å². The van der Waals surface area contributed by atoms with Gasteiger partial charge in [0.1, 0.15) is 11.8 Å². The van der Waals surface area contributed by atoms with Crippen LogP contribution in [0.1, 0.15) is 16.7 Å². The molecule has 0 radical (unpaired) electrons. The topological polar surface area (TPSA) is 103 Å². The monoisotopic (exact) mass is 535 g/mol. The van der Waals surface area contributed by atoms with Crippen LogP contribution in [-0.2, 0) is 22.6 Å². The van der Waals surface area contributed by atoms with Crippen molar-refractivity contribution in [3.05, 3.63) is 94.1 Å². The van der Waals surface area contributed by atoms with Crippen LogP contribution in [0.5, 0.6) is 5.75 Å². The van der Waals surface area contributed by atoms with Gasteiger partial charge in [0.25, 0.3) is 5.91 Å². The summed E-state index contributed by atoms with van der Waals surface area (Å²) in [6.45, 7) is 2.07. The van der Waals surface area contributed by atoms with Crippen LogP contribution in [0.2, 0.25) is 0 Å². The lowest BCUT2D eigenvalue weighted by atomic mass is 10.0. The third kappa shape index (κ3) is 6.49. The van der Waals surface area contributed by atoms with E-state index < -0.39 is 12.0 Å². The second-order valence-electron chi connectivity index (χ2n) is 8.29. The number of halogens is 1. The van der Waals surface area contributed by atoms with E-state index in [4.69, 9.17) is 4.74 Å². The molecule has 4 N–H and O–H groups in total. The fourth-order valence-electron chi connectivity index (χ4n) is 3.80. The third-order valence-electron chi connectivity index (χ3n) is 5.65. The number of nitrogens with one attached hydrogen (secondary N) is 3. The Morgan fingerprint density at radius 3 is 2.60 bits per heavy atom. The minimum absolute atomic E-state index is 0.166. The van der Waals surface area contributed by atoms with Crippen molar-refractivity contribution in [2.75, 3.05) is 11.9 Å². The number of carbonyl (C=O) groups excluding carboxylic acids is 1. The van der Waals surface area contributed by atoms with Crippen molar-refractivity contribution in [2.45, 2.75) is 25.9 Å². The molecule has 0 fully saturated rings. The van der Waals surface area contributed by atoms with E-state index in [9.17, 15) is 14.7 Å². The molecule has 1 atom stereocenters. The number of para-hydroxylation sites is 1. The molecule has 4 aromatic rings. The Morgan fingerprint density at radius 2 is 1.83 bits per heavy atom. The van der Waals surface area contributed by atoms with Gasteiger partial charge in [-0.25, -0.2) is 0 Å². The molecule has 0 unspecified atom stereocenters. The van der Waals surface area contributed by atoms with Crippen molar-refractivity contribution >= 4 is 44.4 Å². The quantitative estimate of drug-likeness (QED) is 0.227. The Kier molecular flexibility index (Phi) is 7.84. The van der Waals surface area contributed by atoms with E-state index in [0.717, 1.165) is 32.1 Å². The van der Waals surface area contributed by atoms with Gasteiger partial charge in [-0.05, 0) is 48.9 Å². The molecule has 0 aliphatic rings. The van der Waals surface area contributed by atoms with Crippen molar-refractivity contribution in [3.63, 3.8) is 0 Å². The summed E-state index contributed by atoms with van der Waals surface area (Å²) in [7, 11) is 0. The average molecular weight is 536 g/mol. The minimum Gasteiger partial charge on any atom is -0.483 e. The highest BCUT2D eigenvalue weighted by molar-refractivity contribution is 9.10. The van der Waals surface area contributed by atoms with Gasteiger partial charge in [0.2, 0.25) is 0 Å². The molecule has 180 valence electrons. The number of amides is 1. The van der Waals surface area contributed by atoms with Crippen LogP contribution in [0.25, 0.3) is 10.9 Å². The summed E-state index contributed by atoms with van der Waals surface area (Å²) in [5.74, 6) is -0.709. The molecule has 3 aromatic carbocycles. The van der Waals surface area contributed by atoms with Crippen LogP contribution >= 0.6 is 15.9 Å². The Hall–Kier alpha value is -3.62. The SMILES string of the molecule is Cc1ccc(NC(=O)COc2ccc(Br)cc2CN[C@H](Cc2c[nH]c3ccccc23)C(=O)O)cc1. The number of ether oxygens (including phenoxy) is 1. The predicted molar refractivity (Wildman–Crippen MR) is 140 cm³/mol. The maximum absolute atomic E-state index is 12.3. The largest absolute Gasteiger partial charge is 0.483 e. The molecule has 1 heterocycles. The molecule has 0 aliphatic heterocycles. The molecule has 0 aliphatic carbocycles. The van der Waals surface area contributed by atoms with Gasteiger partial charge in [0.05, 0.1) is 0 Å². The lowest BCUT2D eigenvalue weighted by Gasteiger charge is -2.17. The first kappa shape index (κ1) is 24.5. The van der Waals surface area contributed by atoms with Gasteiger partial charge < -0.3 is 20.1 Å². The molecule has 1 aromatic heterocycles. The molecule has 35 heavy (non-hydrogen) atoms. The van der Waals surface area contributed by atoms with E-state index in [1.807, 2.05) is 73.8 Å². The molecule has 0 bridgehead atoms. The molecule has 0 saturated carbocycles. The number of aromatic amines is 1. The number of aliphatic carboxylic acids is 1. The number of hydrogen-bond acceptors (Lipinski definition) is 4. The third-order valence-corrected chi connectivity index (χ3v) is 6.15. The lowest BCUT2D eigenvalue weighted by Crippen LogP contribution is -2.38. The van der Waals surface area contributed by atoms with Gasteiger partial charge in [-0.2, -0.15) is 0 Å². The lowest BCUT2D eigenvalue weighted by molar-refractivity contribution is -0.139. The van der Waals surface area contributed by atoms with Crippen molar-refractivity contribution in [2.24, 2.45) is 0 Å². The second-order valence-corrected chi connectivity index (χ2v) is 9.21. The van der Waals surface area contributed by atoms with E-state index in [2.05, 4.69) is 31.5 Å². The highest BCUT2D eigenvalue weighted by Crippen LogP contribution is 2.24. The van der Waals surface area contributed by atoms with Crippen molar-refractivity contribution < 1.29 is 19.4 Å². The summed E-state index contributed by atoms with van der Waals surface area (Å²) < 4.78 is 6.61. The number of rotatable bonds is 10. The Labute approximate surface area is 211 Å². The molecule has 4 rings (SSSR count). The number of benzene rings is 3.